The molecule has 18 heavy (non-hydrogen) atoms. The van der Waals surface area contributed by atoms with Crippen molar-refractivity contribution in [2.75, 3.05) is 18.5 Å². The number of halogens is 1. The van der Waals surface area contributed by atoms with Crippen LogP contribution in [0.2, 0.25) is 5.02 Å². The summed E-state index contributed by atoms with van der Waals surface area (Å²) in [5.74, 6) is 0.619. The van der Waals surface area contributed by atoms with E-state index in [2.05, 4.69) is 24.3 Å². The summed E-state index contributed by atoms with van der Waals surface area (Å²) in [4.78, 5) is 11.8. The standard InChI is InChI=1S/C12H18ClN3O2/c1-12(2)5-8(12)6-14-9-7-15-16(3-4-17)11(18)10(9)13/h7-8,14,17H,3-6H2,1-2H3. The molecule has 5 nitrogen and oxygen atoms in total. The van der Waals surface area contributed by atoms with Crippen LogP contribution in [-0.4, -0.2) is 28.0 Å². The second kappa shape index (κ2) is 4.90. The molecule has 1 atom stereocenters. The summed E-state index contributed by atoms with van der Waals surface area (Å²) in [7, 11) is 0. The SMILES string of the molecule is CC1(C)CC1CNc1cnn(CCO)c(=O)c1Cl. The van der Waals surface area contributed by atoms with Crippen LogP contribution in [-0.2, 0) is 6.54 Å². The van der Waals surface area contributed by atoms with Gasteiger partial charge in [0.05, 0.1) is 25.0 Å². The summed E-state index contributed by atoms with van der Waals surface area (Å²) < 4.78 is 1.16. The molecule has 2 rings (SSSR count). The molecule has 0 amide bonds. The Hall–Kier alpha value is -1.07. The van der Waals surface area contributed by atoms with Crippen molar-refractivity contribution in [3.05, 3.63) is 21.6 Å². The smallest absolute Gasteiger partial charge is 0.287 e. The Bertz CT molecular complexity index is 499. The minimum absolute atomic E-state index is 0.133. The lowest BCUT2D eigenvalue weighted by Crippen LogP contribution is -2.26. The van der Waals surface area contributed by atoms with E-state index in [1.165, 1.54) is 12.6 Å². The molecule has 1 unspecified atom stereocenters. The lowest BCUT2D eigenvalue weighted by atomic mass is 10.1. The van der Waals surface area contributed by atoms with E-state index >= 15 is 0 Å². The second-order valence-corrected chi connectivity index (χ2v) is 5.77. The summed E-state index contributed by atoms with van der Waals surface area (Å²) in [6.45, 7) is 5.27. The zero-order valence-corrected chi connectivity index (χ0v) is 11.4. The number of anilines is 1. The summed E-state index contributed by atoms with van der Waals surface area (Å²) in [6, 6.07) is 0. The van der Waals surface area contributed by atoms with Crippen molar-refractivity contribution in [1.82, 2.24) is 9.78 Å². The number of aliphatic hydroxyl groups excluding tert-OH is 1. The van der Waals surface area contributed by atoms with Gasteiger partial charge in [-0.05, 0) is 17.8 Å². The molecule has 0 spiro atoms. The van der Waals surface area contributed by atoms with Gasteiger partial charge >= 0.3 is 0 Å². The minimum atomic E-state index is -0.370. The maximum absolute atomic E-state index is 11.8. The van der Waals surface area contributed by atoms with Crippen LogP contribution in [0.25, 0.3) is 0 Å². The second-order valence-electron chi connectivity index (χ2n) is 5.39. The number of rotatable bonds is 5. The third kappa shape index (κ3) is 2.67. The number of hydrogen-bond donors (Lipinski definition) is 2. The van der Waals surface area contributed by atoms with Crippen molar-refractivity contribution in [2.24, 2.45) is 11.3 Å². The largest absolute Gasteiger partial charge is 0.394 e. The Morgan fingerprint density at radius 2 is 2.33 bits per heavy atom. The van der Waals surface area contributed by atoms with Gasteiger partial charge in [0.25, 0.3) is 5.56 Å². The average Bonchev–Trinajstić information content (AvgIpc) is 2.92. The van der Waals surface area contributed by atoms with Crippen molar-refractivity contribution >= 4 is 17.3 Å². The molecule has 1 heterocycles. The average molecular weight is 272 g/mol. The van der Waals surface area contributed by atoms with Gasteiger partial charge in [-0.15, -0.1) is 0 Å². The molecule has 1 fully saturated rings. The molecular weight excluding hydrogens is 254 g/mol. The minimum Gasteiger partial charge on any atom is -0.394 e. The lowest BCUT2D eigenvalue weighted by molar-refractivity contribution is 0.266. The zero-order valence-electron chi connectivity index (χ0n) is 10.6. The number of nitrogens with one attached hydrogen (secondary N) is 1. The fourth-order valence-corrected chi connectivity index (χ4v) is 2.21. The van der Waals surface area contributed by atoms with Crippen LogP contribution in [0.5, 0.6) is 0 Å². The van der Waals surface area contributed by atoms with Crippen LogP contribution in [0.4, 0.5) is 5.69 Å². The van der Waals surface area contributed by atoms with E-state index in [1.807, 2.05) is 0 Å². The van der Waals surface area contributed by atoms with Crippen LogP contribution in [0.3, 0.4) is 0 Å². The van der Waals surface area contributed by atoms with E-state index in [4.69, 9.17) is 16.7 Å². The van der Waals surface area contributed by atoms with Crippen molar-refractivity contribution in [2.45, 2.75) is 26.8 Å². The Morgan fingerprint density at radius 3 is 2.89 bits per heavy atom. The molecule has 0 aromatic carbocycles. The fraction of sp³-hybridized carbons (Fsp3) is 0.667. The number of hydrogen-bond acceptors (Lipinski definition) is 4. The molecule has 100 valence electrons. The molecule has 1 saturated carbocycles. The summed E-state index contributed by atoms with van der Waals surface area (Å²) >= 11 is 5.99. The molecule has 0 radical (unpaired) electrons. The number of aromatic nitrogens is 2. The molecule has 2 N–H and O–H groups in total. The highest BCUT2D eigenvalue weighted by Crippen LogP contribution is 2.51. The first-order chi connectivity index (χ1) is 8.45. The Morgan fingerprint density at radius 1 is 1.67 bits per heavy atom. The van der Waals surface area contributed by atoms with Gasteiger partial charge in [0.2, 0.25) is 0 Å². The van der Waals surface area contributed by atoms with Gasteiger partial charge in [0, 0.05) is 6.54 Å². The third-order valence-corrected chi connectivity index (χ3v) is 3.92. The molecule has 1 aromatic heterocycles. The van der Waals surface area contributed by atoms with Crippen molar-refractivity contribution in [3.63, 3.8) is 0 Å². The highest BCUT2D eigenvalue weighted by Gasteiger charge is 2.45. The van der Waals surface area contributed by atoms with Crippen molar-refractivity contribution in [3.8, 4) is 0 Å². The predicted octanol–water partition coefficient (Wildman–Crippen LogP) is 1.35. The third-order valence-electron chi connectivity index (χ3n) is 3.55. The molecule has 6 heteroatoms. The predicted molar refractivity (Wildman–Crippen MR) is 71.0 cm³/mol. The van der Waals surface area contributed by atoms with Gasteiger partial charge in [-0.2, -0.15) is 5.10 Å². The molecule has 1 aliphatic carbocycles. The van der Waals surface area contributed by atoms with Crippen molar-refractivity contribution in [1.29, 1.82) is 0 Å². The topological polar surface area (TPSA) is 67.2 Å². The van der Waals surface area contributed by atoms with E-state index in [1.54, 1.807) is 0 Å². The summed E-state index contributed by atoms with van der Waals surface area (Å²) in [5.41, 5.74) is 0.586. The molecule has 0 aliphatic heterocycles. The zero-order chi connectivity index (χ0) is 13.3. The number of aliphatic hydroxyl groups is 1. The first-order valence-electron chi connectivity index (χ1n) is 6.06. The molecule has 0 bridgehead atoms. The van der Waals surface area contributed by atoms with E-state index in [-0.39, 0.29) is 23.7 Å². The van der Waals surface area contributed by atoms with Gasteiger partial charge in [-0.25, -0.2) is 4.68 Å². The maximum atomic E-state index is 11.8. The van der Waals surface area contributed by atoms with Gasteiger partial charge in [-0.3, -0.25) is 4.79 Å². The van der Waals surface area contributed by atoms with Gasteiger partial charge < -0.3 is 10.4 Å². The lowest BCUT2D eigenvalue weighted by Gasteiger charge is -2.10. The van der Waals surface area contributed by atoms with Crippen LogP contribution in [0, 0.1) is 11.3 Å². The Balaban J connectivity index is 2.05. The monoisotopic (exact) mass is 271 g/mol. The molecule has 1 aromatic rings. The van der Waals surface area contributed by atoms with Gasteiger partial charge in [0.15, 0.2) is 0 Å². The number of nitrogens with zero attached hydrogens (tertiary/aromatic N) is 2. The summed E-state index contributed by atoms with van der Waals surface area (Å²) in [5, 5.41) is 16.1. The quantitative estimate of drug-likeness (QED) is 0.848. The van der Waals surface area contributed by atoms with E-state index in [0.717, 1.165) is 11.2 Å². The first-order valence-corrected chi connectivity index (χ1v) is 6.44. The molecular formula is C12H18ClN3O2. The molecule has 0 saturated heterocycles. The Kier molecular flexibility index (Phi) is 3.64. The van der Waals surface area contributed by atoms with Gasteiger partial charge in [0.1, 0.15) is 5.02 Å². The van der Waals surface area contributed by atoms with Crippen molar-refractivity contribution < 1.29 is 5.11 Å². The molecule has 1 aliphatic rings. The fourth-order valence-electron chi connectivity index (χ4n) is 2.00. The van der Waals surface area contributed by atoms with Crippen LogP contribution >= 0.6 is 11.6 Å². The Labute approximate surface area is 111 Å². The van der Waals surface area contributed by atoms with E-state index in [0.29, 0.717) is 17.0 Å². The van der Waals surface area contributed by atoms with E-state index in [9.17, 15) is 4.79 Å². The van der Waals surface area contributed by atoms with Crippen LogP contribution < -0.4 is 10.9 Å². The maximum Gasteiger partial charge on any atom is 0.287 e. The first kappa shape index (κ1) is 13.4. The highest BCUT2D eigenvalue weighted by molar-refractivity contribution is 6.32. The summed E-state index contributed by atoms with van der Waals surface area (Å²) in [6.07, 6.45) is 2.72. The van der Waals surface area contributed by atoms with E-state index < -0.39 is 0 Å². The van der Waals surface area contributed by atoms with Gasteiger partial charge in [-0.1, -0.05) is 25.4 Å². The normalized spacial score (nSPS) is 20.8. The van der Waals surface area contributed by atoms with Crippen LogP contribution in [0.15, 0.2) is 11.0 Å². The highest BCUT2D eigenvalue weighted by atomic mass is 35.5. The van der Waals surface area contributed by atoms with Crippen LogP contribution in [0.1, 0.15) is 20.3 Å².